The van der Waals surface area contributed by atoms with Gasteiger partial charge in [-0.1, -0.05) is 9.95 Å². The Morgan fingerprint density at radius 2 is 2.18 bits per heavy atom. The maximum Gasteiger partial charge on any atom is 0.488 e. The first-order valence-electron chi connectivity index (χ1n) is 4.69. The van der Waals surface area contributed by atoms with Crippen molar-refractivity contribution in [1.82, 2.24) is 9.55 Å². The number of aromatic nitrogens is 2. The molecule has 0 saturated carbocycles. The molecule has 2 rings (SSSR count). The lowest BCUT2D eigenvalue weighted by Crippen LogP contribution is -2.01. The first kappa shape index (κ1) is 11.6. The number of nitrogens with zero attached hydrogens (tertiary/aromatic N) is 2. The van der Waals surface area contributed by atoms with Crippen molar-refractivity contribution < 1.29 is 16.5 Å². The van der Waals surface area contributed by atoms with E-state index in [-0.39, 0.29) is 5.75 Å². The van der Waals surface area contributed by atoms with E-state index in [1.165, 1.54) is 12.1 Å². The van der Waals surface area contributed by atoms with Gasteiger partial charge in [-0.2, -0.15) is 8.42 Å². The molecule has 90 valence electrons. The Hall–Kier alpha value is -1.89. The molecule has 7 heteroatoms. The van der Waals surface area contributed by atoms with Crippen LogP contribution in [0.15, 0.2) is 36.8 Å². The number of halogens is 1. The third-order valence-electron chi connectivity index (χ3n) is 2.02. The highest BCUT2D eigenvalue weighted by atomic mass is 32.3. The van der Waals surface area contributed by atoms with Gasteiger partial charge in [0.25, 0.3) is 0 Å². The average Bonchev–Trinajstić information content (AvgIpc) is 2.63. The normalized spacial score (nSPS) is 11.4. The highest BCUT2D eigenvalue weighted by molar-refractivity contribution is 7.81. The second-order valence-electron chi connectivity index (χ2n) is 3.40. The van der Waals surface area contributed by atoms with Gasteiger partial charge in [0.2, 0.25) is 0 Å². The molecule has 0 amide bonds. The van der Waals surface area contributed by atoms with Gasteiger partial charge in [-0.15, -0.1) is 0 Å². The molecular formula is C10H9FN2O3S. The SMILES string of the molecule is Cc1cn(-c2cccc(OS(=O)(=O)F)c2)cn1. The molecule has 0 radical (unpaired) electrons. The second kappa shape index (κ2) is 4.17. The van der Waals surface area contributed by atoms with Crippen molar-refractivity contribution in [3.8, 4) is 11.4 Å². The van der Waals surface area contributed by atoms with Gasteiger partial charge in [0, 0.05) is 12.3 Å². The second-order valence-corrected chi connectivity index (χ2v) is 4.35. The molecule has 0 fully saturated rings. The van der Waals surface area contributed by atoms with Crippen LogP contribution in [0, 0.1) is 6.92 Å². The van der Waals surface area contributed by atoms with Crippen molar-refractivity contribution in [3.63, 3.8) is 0 Å². The van der Waals surface area contributed by atoms with Crippen LogP contribution < -0.4 is 4.18 Å². The Labute approximate surface area is 97.9 Å². The van der Waals surface area contributed by atoms with Gasteiger partial charge < -0.3 is 8.75 Å². The monoisotopic (exact) mass is 256 g/mol. The van der Waals surface area contributed by atoms with Gasteiger partial charge in [0.15, 0.2) is 0 Å². The predicted octanol–water partition coefficient (Wildman–Crippen LogP) is 1.77. The van der Waals surface area contributed by atoms with Gasteiger partial charge >= 0.3 is 10.5 Å². The minimum atomic E-state index is -5.00. The lowest BCUT2D eigenvalue weighted by molar-refractivity contribution is 0.440. The number of benzene rings is 1. The Morgan fingerprint density at radius 3 is 2.76 bits per heavy atom. The number of rotatable bonds is 3. The first-order chi connectivity index (χ1) is 7.94. The maximum atomic E-state index is 12.3. The van der Waals surface area contributed by atoms with E-state index in [0.29, 0.717) is 5.69 Å². The fourth-order valence-electron chi connectivity index (χ4n) is 1.37. The van der Waals surface area contributed by atoms with E-state index < -0.39 is 10.5 Å². The van der Waals surface area contributed by atoms with Crippen LogP contribution in [0.1, 0.15) is 5.69 Å². The smallest absolute Gasteiger partial charge is 0.358 e. The minimum absolute atomic E-state index is 0.0867. The van der Waals surface area contributed by atoms with Crippen molar-refractivity contribution in [1.29, 1.82) is 0 Å². The molecule has 0 aliphatic carbocycles. The molecule has 0 bridgehead atoms. The van der Waals surface area contributed by atoms with E-state index in [1.54, 1.807) is 29.2 Å². The van der Waals surface area contributed by atoms with Gasteiger partial charge in [0.05, 0.1) is 17.7 Å². The van der Waals surface area contributed by atoms with Crippen LogP contribution in [0.25, 0.3) is 5.69 Å². The summed E-state index contributed by atoms with van der Waals surface area (Å²) in [5.41, 5.74) is 1.45. The van der Waals surface area contributed by atoms with Gasteiger partial charge in [-0.25, -0.2) is 4.98 Å². The molecule has 0 aliphatic rings. The van der Waals surface area contributed by atoms with Crippen molar-refractivity contribution in [2.24, 2.45) is 0 Å². The fourth-order valence-corrected chi connectivity index (χ4v) is 1.71. The minimum Gasteiger partial charge on any atom is -0.358 e. The van der Waals surface area contributed by atoms with Crippen LogP contribution in [0.5, 0.6) is 5.75 Å². The summed E-state index contributed by atoms with van der Waals surface area (Å²) in [6, 6.07) is 6.03. The Morgan fingerprint density at radius 1 is 1.41 bits per heavy atom. The van der Waals surface area contributed by atoms with E-state index in [0.717, 1.165) is 5.69 Å². The summed E-state index contributed by atoms with van der Waals surface area (Å²) in [5.74, 6) is -0.0867. The molecule has 1 aromatic heterocycles. The van der Waals surface area contributed by atoms with E-state index in [9.17, 15) is 12.3 Å². The van der Waals surface area contributed by atoms with Crippen molar-refractivity contribution in [2.45, 2.75) is 6.92 Å². The quantitative estimate of drug-likeness (QED) is 0.785. The van der Waals surface area contributed by atoms with Gasteiger partial charge in [-0.05, 0) is 19.1 Å². The number of hydrogen-bond donors (Lipinski definition) is 0. The third-order valence-corrected chi connectivity index (χ3v) is 2.41. The van der Waals surface area contributed by atoms with E-state index in [4.69, 9.17) is 0 Å². The van der Waals surface area contributed by atoms with Crippen LogP contribution in [0.2, 0.25) is 0 Å². The molecule has 0 atom stereocenters. The highest BCUT2D eigenvalue weighted by Gasteiger charge is 2.10. The van der Waals surface area contributed by atoms with Gasteiger partial charge in [-0.3, -0.25) is 0 Å². The predicted molar refractivity (Wildman–Crippen MR) is 59.0 cm³/mol. The average molecular weight is 256 g/mol. The molecule has 2 aromatic rings. The maximum absolute atomic E-state index is 12.3. The van der Waals surface area contributed by atoms with E-state index >= 15 is 0 Å². The molecule has 0 N–H and O–H groups in total. The lowest BCUT2D eigenvalue weighted by Gasteiger charge is -2.04. The summed E-state index contributed by atoms with van der Waals surface area (Å²) in [5, 5.41) is 0. The zero-order valence-electron chi connectivity index (χ0n) is 8.87. The van der Waals surface area contributed by atoms with E-state index in [2.05, 4.69) is 9.17 Å². The molecular weight excluding hydrogens is 247 g/mol. The zero-order chi connectivity index (χ0) is 12.5. The zero-order valence-corrected chi connectivity index (χ0v) is 9.69. The number of aryl methyl sites for hydroxylation is 1. The molecule has 0 aliphatic heterocycles. The highest BCUT2D eigenvalue weighted by Crippen LogP contribution is 2.18. The van der Waals surface area contributed by atoms with Crippen LogP contribution in [0.3, 0.4) is 0 Å². The van der Waals surface area contributed by atoms with Crippen molar-refractivity contribution >= 4 is 10.5 Å². The van der Waals surface area contributed by atoms with Crippen LogP contribution in [0.4, 0.5) is 3.89 Å². The molecule has 17 heavy (non-hydrogen) atoms. The molecule has 0 unspecified atom stereocenters. The largest absolute Gasteiger partial charge is 0.488 e. The topological polar surface area (TPSA) is 61.2 Å². The molecule has 5 nitrogen and oxygen atoms in total. The molecule has 1 heterocycles. The lowest BCUT2D eigenvalue weighted by atomic mass is 10.3. The number of imidazole rings is 1. The molecule has 0 saturated heterocycles. The third kappa shape index (κ3) is 3.04. The summed E-state index contributed by atoms with van der Waals surface area (Å²) in [7, 11) is -5.00. The summed E-state index contributed by atoms with van der Waals surface area (Å²) < 4.78 is 38.8. The van der Waals surface area contributed by atoms with E-state index in [1.807, 2.05) is 6.92 Å². The van der Waals surface area contributed by atoms with Gasteiger partial charge in [0.1, 0.15) is 5.75 Å². The van der Waals surface area contributed by atoms with Crippen LogP contribution in [-0.2, 0) is 10.5 Å². The van der Waals surface area contributed by atoms with Crippen LogP contribution >= 0.6 is 0 Å². The summed E-state index contributed by atoms with van der Waals surface area (Å²) in [6.45, 7) is 1.82. The fraction of sp³-hybridized carbons (Fsp3) is 0.100. The molecule has 1 aromatic carbocycles. The van der Waals surface area contributed by atoms with Crippen LogP contribution in [-0.4, -0.2) is 18.0 Å². The van der Waals surface area contributed by atoms with Crippen molar-refractivity contribution in [3.05, 3.63) is 42.5 Å². The standard InChI is InChI=1S/C10H9FN2O3S/c1-8-6-13(7-12-8)9-3-2-4-10(5-9)16-17(11,14)15/h2-7H,1H3. The summed E-state index contributed by atoms with van der Waals surface area (Å²) in [6.07, 6.45) is 3.32. The Balaban J connectivity index is 2.35. The summed E-state index contributed by atoms with van der Waals surface area (Å²) in [4.78, 5) is 4.03. The Kier molecular flexibility index (Phi) is 2.84. The summed E-state index contributed by atoms with van der Waals surface area (Å²) >= 11 is 0. The number of hydrogen-bond acceptors (Lipinski definition) is 4. The van der Waals surface area contributed by atoms with Crippen molar-refractivity contribution in [2.75, 3.05) is 0 Å². The molecule has 0 spiro atoms. The Bertz CT molecular complexity index is 637. The first-order valence-corrected chi connectivity index (χ1v) is 6.00.